The molecule has 0 bridgehead atoms. The normalized spacial score (nSPS) is 47.1. The van der Waals surface area contributed by atoms with Crippen LogP contribution >= 0.6 is 0 Å². The first-order valence-corrected chi connectivity index (χ1v) is 14.3. The van der Waals surface area contributed by atoms with Gasteiger partial charge in [-0.25, -0.2) is 0 Å². The van der Waals surface area contributed by atoms with Crippen LogP contribution < -0.4 is 0 Å². The molecule has 0 radical (unpaired) electrons. The molecule has 3 saturated carbocycles. The lowest BCUT2D eigenvalue weighted by molar-refractivity contribution is -0.162. The second kappa shape index (κ2) is 9.89. The van der Waals surface area contributed by atoms with Gasteiger partial charge in [0.1, 0.15) is 0 Å². The molecule has 4 fully saturated rings. The van der Waals surface area contributed by atoms with Crippen molar-refractivity contribution in [3.63, 3.8) is 0 Å². The third-order valence-corrected chi connectivity index (χ3v) is 11.7. The predicted octanol–water partition coefficient (Wildman–Crippen LogP) is 3.78. The quantitative estimate of drug-likeness (QED) is 0.419. The summed E-state index contributed by atoms with van der Waals surface area (Å²) in [7, 11) is 0. The third-order valence-electron chi connectivity index (χ3n) is 11.7. The van der Waals surface area contributed by atoms with E-state index in [-0.39, 0.29) is 52.8 Å². The molecule has 4 rings (SSSR count). The zero-order chi connectivity index (χ0) is 25.9. The maximum absolute atomic E-state index is 13.0. The van der Waals surface area contributed by atoms with Gasteiger partial charge >= 0.3 is 5.97 Å². The number of carbonyl (C=O) groups excluding carboxylic acids is 1. The minimum atomic E-state index is -0.867. The van der Waals surface area contributed by atoms with E-state index in [9.17, 15) is 25.2 Å². The summed E-state index contributed by atoms with van der Waals surface area (Å²) < 4.78 is 5.88. The van der Waals surface area contributed by atoms with Crippen LogP contribution in [0.5, 0.6) is 0 Å². The van der Waals surface area contributed by atoms with Gasteiger partial charge in [-0.05, 0) is 90.8 Å². The Morgan fingerprint density at radius 2 is 1.63 bits per heavy atom. The van der Waals surface area contributed by atoms with Gasteiger partial charge in [0.25, 0.3) is 0 Å². The highest BCUT2D eigenvalue weighted by Crippen LogP contribution is 2.66. The molecule has 4 aliphatic rings. The Hall–Kier alpha value is -0.690. The summed E-state index contributed by atoms with van der Waals surface area (Å²) in [6.07, 6.45) is 2.49. The molecule has 6 nitrogen and oxygen atoms in total. The molecule has 0 unspecified atom stereocenters. The summed E-state index contributed by atoms with van der Waals surface area (Å²) in [6.45, 7) is 13.4. The van der Waals surface area contributed by atoms with E-state index in [1.165, 1.54) is 0 Å². The lowest BCUT2D eigenvalue weighted by atomic mass is 9.48. The van der Waals surface area contributed by atoms with E-state index in [1.807, 2.05) is 0 Å². The summed E-state index contributed by atoms with van der Waals surface area (Å²) in [4.78, 5) is 13.0. The molecule has 6 heteroatoms. The van der Waals surface area contributed by atoms with Crippen molar-refractivity contribution < 1.29 is 30.0 Å². The SMILES string of the molecule is CC[C@@H](C(C)C)[C@H](O)[C@H](O)[C@@H](C)[C@H]1CC[C@H]2[C@@H]3COC(=O)[C@H]4C[C@H](O)[C@H](O)C[C@@]4(C)[C@H]3CC[C@]12C. The second-order valence-electron chi connectivity index (χ2n) is 13.5. The maximum atomic E-state index is 13.0. The van der Waals surface area contributed by atoms with Gasteiger partial charge in [-0.2, -0.15) is 0 Å². The van der Waals surface area contributed by atoms with Crippen LogP contribution in [-0.4, -0.2) is 57.4 Å². The van der Waals surface area contributed by atoms with Crippen LogP contribution in [0, 0.1) is 58.2 Å². The Morgan fingerprint density at radius 1 is 0.971 bits per heavy atom. The van der Waals surface area contributed by atoms with E-state index < -0.39 is 24.4 Å². The Bertz CT molecular complexity index is 770. The summed E-state index contributed by atoms with van der Waals surface area (Å²) in [5.74, 6) is 1.01. The lowest BCUT2D eigenvalue weighted by Crippen LogP contribution is -2.55. The Labute approximate surface area is 211 Å². The molecule has 0 spiro atoms. The van der Waals surface area contributed by atoms with Crippen molar-refractivity contribution >= 4 is 5.97 Å². The van der Waals surface area contributed by atoms with Crippen molar-refractivity contribution in [3.05, 3.63) is 0 Å². The maximum Gasteiger partial charge on any atom is 0.309 e. The van der Waals surface area contributed by atoms with Gasteiger partial charge in [0.15, 0.2) is 0 Å². The fourth-order valence-electron chi connectivity index (χ4n) is 9.60. The molecular formula is C29H50O6. The molecule has 0 aromatic heterocycles. The number of aliphatic hydroxyl groups is 4. The smallest absolute Gasteiger partial charge is 0.309 e. The van der Waals surface area contributed by atoms with Crippen molar-refractivity contribution in [2.45, 2.75) is 111 Å². The minimum Gasteiger partial charge on any atom is -0.465 e. The van der Waals surface area contributed by atoms with Crippen molar-refractivity contribution in [2.24, 2.45) is 58.2 Å². The van der Waals surface area contributed by atoms with Crippen LogP contribution in [-0.2, 0) is 9.53 Å². The highest BCUT2D eigenvalue weighted by molar-refractivity contribution is 5.74. The van der Waals surface area contributed by atoms with Gasteiger partial charge in [-0.3, -0.25) is 4.79 Å². The zero-order valence-corrected chi connectivity index (χ0v) is 22.7. The summed E-state index contributed by atoms with van der Waals surface area (Å²) >= 11 is 0. The van der Waals surface area contributed by atoms with Gasteiger partial charge in [-0.15, -0.1) is 0 Å². The Kier molecular flexibility index (Phi) is 7.72. The van der Waals surface area contributed by atoms with E-state index in [2.05, 4.69) is 41.5 Å². The minimum absolute atomic E-state index is 0.00679. The van der Waals surface area contributed by atoms with E-state index in [0.717, 1.165) is 32.1 Å². The average Bonchev–Trinajstić information content (AvgIpc) is 3.11. The van der Waals surface area contributed by atoms with Gasteiger partial charge in [0.05, 0.1) is 36.9 Å². The molecule has 0 aromatic rings. The zero-order valence-electron chi connectivity index (χ0n) is 22.7. The number of rotatable bonds is 6. The summed E-state index contributed by atoms with van der Waals surface area (Å²) in [5, 5.41) is 43.2. The van der Waals surface area contributed by atoms with Gasteiger partial charge in [0.2, 0.25) is 0 Å². The number of aliphatic hydroxyl groups excluding tert-OH is 4. The monoisotopic (exact) mass is 494 g/mol. The highest BCUT2D eigenvalue weighted by atomic mass is 16.5. The molecule has 13 atom stereocenters. The second-order valence-corrected chi connectivity index (χ2v) is 13.5. The van der Waals surface area contributed by atoms with Crippen LogP contribution in [0.15, 0.2) is 0 Å². The van der Waals surface area contributed by atoms with Crippen LogP contribution in [0.3, 0.4) is 0 Å². The third kappa shape index (κ3) is 4.38. The van der Waals surface area contributed by atoms with E-state index in [1.54, 1.807) is 0 Å². The number of cyclic esters (lactones) is 1. The van der Waals surface area contributed by atoms with Crippen molar-refractivity contribution in [2.75, 3.05) is 6.61 Å². The molecule has 1 aliphatic heterocycles. The van der Waals surface area contributed by atoms with Crippen LogP contribution in [0.25, 0.3) is 0 Å². The number of esters is 1. The molecule has 1 heterocycles. The number of ether oxygens (including phenoxy) is 1. The average molecular weight is 495 g/mol. The van der Waals surface area contributed by atoms with Crippen LogP contribution in [0.4, 0.5) is 0 Å². The molecule has 0 aromatic carbocycles. The first-order valence-electron chi connectivity index (χ1n) is 14.3. The summed E-state index contributed by atoms with van der Waals surface area (Å²) in [6, 6.07) is 0. The van der Waals surface area contributed by atoms with Crippen molar-refractivity contribution in [1.29, 1.82) is 0 Å². The largest absolute Gasteiger partial charge is 0.465 e. The molecule has 1 saturated heterocycles. The molecule has 3 aliphatic carbocycles. The Balaban J connectivity index is 1.57. The molecule has 202 valence electrons. The summed E-state index contributed by atoms with van der Waals surface area (Å²) in [5.41, 5.74) is -0.348. The van der Waals surface area contributed by atoms with E-state index in [4.69, 9.17) is 4.74 Å². The van der Waals surface area contributed by atoms with Crippen molar-refractivity contribution in [3.8, 4) is 0 Å². The fraction of sp³-hybridized carbons (Fsp3) is 0.966. The van der Waals surface area contributed by atoms with Crippen molar-refractivity contribution in [1.82, 2.24) is 0 Å². The van der Waals surface area contributed by atoms with Gasteiger partial charge < -0.3 is 25.2 Å². The first kappa shape index (κ1) is 27.3. The van der Waals surface area contributed by atoms with E-state index in [0.29, 0.717) is 30.8 Å². The molecule has 4 N–H and O–H groups in total. The number of hydrogen-bond acceptors (Lipinski definition) is 6. The van der Waals surface area contributed by atoms with Gasteiger partial charge in [-0.1, -0.05) is 48.0 Å². The number of fused-ring (bicyclic) bond motifs is 5. The van der Waals surface area contributed by atoms with Crippen LogP contribution in [0.2, 0.25) is 0 Å². The predicted molar refractivity (Wildman–Crippen MR) is 134 cm³/mol. The standard InChI is InChI=1S/C29H50O6/c1-7-17(15(2)3)26(33)25(32)16(4)19-8-9-20-18-14-35-27(34)22-12-23(30)24(31)13-29(22,6)21(18)10-11-28(19,20)5/h15-26,30-33H,7-14H2,1-6H3/t16-,17-,18-,19+,20-,21-,22+,23-,24+,25+,26-,28+,29-/m0/s1. The van der Waals surface area contributed by atoms with Crippen LogP contribution in [0.1, 0.15) is 86.5 Å². The highest BCUT2D eigenvalue weighted by Gasteiger charge is 2.63. The fourth-order valence-corrected chi connectivity index (χ4v) is 9.60. The lowest BCUT2D eigenvalue weighted by Gasteiger charge is -2.56. The Morgan fingerprint density at radius 3 is 2.26 bits per heavy atom. The number of carbonyl (C=O) groups is 1. The topological polar surface area (TPSA) is 107 Å². The molecular weight excluding hydrogens is 444 g/mol. The number of hydrogen-bond donors (Lipinski definition) is 4. The molecule has 35 heavy (non-hydrogen) atoms. The van der Waals surface area contributed by atoms with E-state index >= 15 is 0 Å². The molecule has 0 amide bonds. The van der Waals surface area contributed by atoms with Gasteiger partial charge in [0, 0.05) is 0 Å². The first-order chi connectivity index (χ1) is 16.4.